The molecule has 0 bridgehead atoms. The molecule has 1 amide bonds. The Labute approximate surface area is 135 Å². The molecule has 0 atom stereocenters. The number of hydrogen-bond acceptors (Lipinski definition) is 5. The Kier molecular flexibility index (Phi) is 4.77. The Balaban J connectivity index is 1.98. The number of ether oxygens (including phenoxy) is 1. The normalized spacial score (nSPS) is 15.4. The lowest BCUT2D eigenvalue weighted by Gasteiger charge is -2.36. The van der Waals surface area contributed by atoms with Crippen molar-refractivity contribution < 1.29 is 9.53 Å². The summed E-state index contributed by atoms with van der Waals surface area (Å²) < 4.78 is 5.36. The maximum Gasteiger partial charge on any atom is 0.410 e. The summed E-state index contributed by atoms with van der Waals surface area (Å²) in [6.07, 6.45) is 1.20. The summed E-state index contributed by atoms with van der Waals surface area (Å²) in [6.45, 7) is 7.89. The van der Waals surface area contributed by atoms with Crippen molar-refractivity contribution in [3.63, 3.8) is 0 Å². The van der Waals surface area contributed by atoms with Crippen LogP contribution in [-0.4, -0.2) is 47.8 Å². The number of piperazine rings is 1. The topological polar surface area (TPSA) is 69.5 Å². The van der Waals surface area contributed by atoms with Crippen molar-refractivity contribution >= 4 is 23.5 Å². The number of pyridine rings is 1. The van der Waals surface area contributed by atoms with E-state index >= 15 is 0 Å². The highest BCUT2D eigenvalue weighted by Crippen LogP contribution is 2.25. The molecule has 118 valence electrons. The lowest BCUT2D eigenvalue weighted by molar-refractivity contribution is 0.0240. The molecule has 7 heteroatoms. The average molecular weight is 323 g/mol. The molecule has 1 aromatic rings. The van der Waals surface area contributed by atoms with Crippen LogP contribution in [0.2, 0.25) is 5.02 Å². The first kappa shape index (κ1) is 16.4. The number of hydrogen-bond donors (Lipinski definition) is 0. The number of carbonyl (C=O) groups excluding carboxylic acids is 1. The summed E-state index contributed by atoms with van der Waals surface area (Å²) in [4.78, 5) is 19.9. The van der Waals surface area contributed by atoms with Gasteiger partial charge in [0.1, 0.15) is 17.5 Å². The summed E-state index contributed by atoms with van der Waals surface area (Å²) in [7, 11) is 0. The molecule has 22 heavy (non-hydrogen) atoms. The average Bonchev–Trinajstić information content (AvgIpc) is 2.45. The van der Waals surface area contributed by atoms with Crippen LogP contribution in [0.1, 0.15) is 26.3 Å². The fourth-order valence-electron chi connectivity index (χ4n) is 2.15. The summed E-state index contributed by atoms with van der Waals surface area (Å²) in [5.41, 5.74) is -0.0622. The Morgan fingerprint density at radius 2 is 2.00 bits per heavy atom. The minimum atomic E-state index is -0.494. The summed E-state index contributed by atoms with van der Waals surface area (Å²) in [5.74, 6) is 0.643. The number of halogens is 1. The van der Waals surface area contributed by atoms with E-state index in [2.05, 4.69) is 4.98 Å². The first-order valence-electron chi connectivity index (χ1n) is 7.08. The minimum absolute atomic E-state index is 0.300. The van der Waals surface area contributed by atoms with Gasteiger partial charge < -0.3 is 14.5 Å². The van der Waals surface area contributed by atoms with Gasteiger partial charge in [-0.25, -0.2) is 9.78 Å². The number of carbonyl (C=O) groups is 1. The quantitative estimate of drug-likeness (QED) is 0.795. The van der Waals surface area contributed by atoms with Crippen LogP contribution in [0.15, 0.2) is 12.3 Å². The van der Waals surface area contributed by atoms with Gasteiger partial charge in [0.05, 0.1) is 10.6 Å². The molecule has 2 rings (SSSR count). The highest BCUT2D eigenvalue weighted by molar-refractivity contribution is 6.33. The van der Waals surface area contributed by atoms with E-state index < -0.39 is 5.60 Å². The molecular weight excluding hydrogens is 304 g/mol. The fraction of sp³-hybridized carbons (Fsp3) is 0.533. The van der Waals surface area contributed by atoms with Gasteiger partial charge in [-0.05, 0) is 26.8 Å². The van der Waals surface area contributed by atoms with Crippen LogP contribution in [0.25, 0.3) is 0 Å². The standard InChI is InChI=1S/C15H19ClN4O2/c1-15(2,3)22-14(21)20-6-4-19(5-7-20)13-12(16)8-11(9-17)10-18-13/h8,10H,4-7H2,1-3H3. The van der Waals surface area contributed by atoms with Gasteiger partial charge in [-0.2, -0.15) is 5.26 Å². The van der Waals surface area contributed by atoms with E-state index in [1.54, 1.807) is 11.0 Å². The Morgan fingerprint density at radius 3 is 2.50 bits per heavy atom. The van der Waals surface area contributed by atoms with Crippen LogP contribution in [0.3, 0.4) is 0 Å². The second kappa shape index (κ2) is 6.41. The minimum Gasteiger partial charge on any atom is -0.444 e. The molecule has 0 radical (unpaired) electrons. The molecule has 1 aromatic heterocycles. The Bertz CT molecular complexity index is 599. The number of anilines is 1. The second-order valence-corrected chi connectivity index (χ2v) is 6.50. The number of nitrogens with zero attached hydrogens (tertiary/aromatic N) is 4. The number of nitriles is 1. The molecule has 0 aliphatic carbocycles. The van der Waals surface area contributed by atoms with Gasteiger partial charge in [0.25, 0.3) is 0 Å². The van der Waals surface area contributed by atoms with Crippen LogP contribution in [0.4, 0.5) is 10.6 Å². The van der Waals surface area contributed by atoms with E-state index in [0.29, 0.717) is 42.6 Å². The zero-order valence-electron chi connectivity index (χ0n) is 13.0. The fourth-order valence-corrected chi connectivity index (χ4v) is 2.44. The van der Waals surface area contributed by atoms with Gasteiger partial charge >= 0.3 is 6.09 Å². The number of aromatic nitrogens is 1. The molecule has 1 fully saturated rings. The van der Waals surface area contributed by atoms with E-state index in [1.165, 1.54) is 6.20 Å². The largest absolute Gasteiger partial charge is 0.444 e. The molecule has 0 saturated carbocycles. The van der Waals surface area contributed by atoms with Gasteiger partial charge in [-0.15, -0.1) is 0 Å². The molecular formula is C15H19ClN4O2. The number of rotatable bonds is 1. The summed E-state index contributed by atoms with van der Waals surface area (Å²) >= 11 is 6.17. The van der Waals surface area contributed by atoms with E-state index in [0.717, 1.165) is 0 Å². The second-order valence-electron chi connectivity index (χ2n) is 6.10. The van der Waals surface area contributed by atoms with E-state index in [-0.39, 0.29) is 6.09 Å². The van der Waals surface area contributed by atoms with Gasteiger partial charge in [0, 0.05) is 32.4 Å². The molecule has 1 aliphatic rings. The lowest BCUT2D eigenvalue weighted by atomic mass is 10.2. The number of amides is 1. The SMILES string of the molecule is CC(C)(C)OC(=O)N1CCN(c2ncc(C#N)cc2Cl)CC1. The van der Waals surface area contributed by atoms with Crippen molar-refractivity contribution in [1.82, 2.24) is 9.88 Å². The van der Waals surface area contributed by atoms with Crippen LogP contribution >= 0.6 is 11.6 Å². The van der Waals surface area contributed by atoms with Crippen molar-refractivity contribution in [2.45, 2.75) is 26.4 Å². The molecule has 1 aliphatic heterocycles. The first-order valence-corrected chi connectivity index (χ1v) is 7.46. The van der Waals surface area contributed by atoms with Crippen molar-refractivity contribution in [2.24, 2.45) is 0 Å². The third-order valence-electron chi connectivity index (χ3n) is 3.18. The van der Waals surface area contributed by atoms with E-state index in [1.807, 2.05) is 31.7 Å². The van der Waals surface area contributed by atoms with E-state index in [4.69, 9.17) is 21.6 Å². The van der Waals surface area contributed by atoms with Crippen LogP contribution < -0.4 is 4.90 Å². The maximum absolute atomic E-state index is 12.0. The van der Waals surface area contributed by atoms with Crippen LogP contribution in [0, 0.1) is 11.3 Å². The highest BCUT2D eigenvalue weighted by Gasteiger charge is 2.27. The third-order valence-corrected chi connectivity index (χ3v) is 3.46. The van der Waals surface area contributed by atoms with E-state index in [9.17, 15) is 4.79 Å². The Morgan fingerprint density at radius 1 is 1.36 bits per heavy atom. The van der Waals surface area contributed by atoms with Crippen molar-refractivity contribution in [1.29, 1.82) is 5.26 Å². The van der Waals surface area contributed by atoms with Crippen molar-refractivity contribution in [2.75, 3.05) is 31.1 Å². The monoisotopic (exact) mass is 322 g/mol. The van der Waals surface area contributed by atoms with Crippen molar-refractivity contribution in [3.8, 4) is 6.07 Å². The summed E-state index contributed by atoms with van der Waals surface area (Å²) in [5, 5.41) is 9.28. The molecule has 0 aromatic carbocycles. The van der Waals surface area contributed by atoms with Crippen molar-refractivity contribution in [3.05, 3.63) is 22.8 Å². The molecule has 0 N–H and O–H groups in total. The predicted molar refractivity (Wildman–Crippen MR) is 84.0 cm³/mol. The van der Waals surface area contributed by atoms with Gasteiger partial charge in [-0.1, -0.05) is 11.6 Å². The van der Waals surface area contributed by atoms with Crippen LogP contribution in [-0.2, 0) is 4.74 Å². The zero-order chi connectivity index (χ0) is 16.3. The highest BCUT2D eigenvalue weighted by atomic mass is 35.5. The smallest absolute Gasteiger partial charge is 0.410 e. The maximum atomic E-state index is 12.0. The zero-order valence-corrected chi connectivity index (χ0v) is 13.7. The molecule has 0 unspecified atom stereocenters. The van der Waals surface area contributed by atoms with Gasteiger partial charge in [0.15, 0.2) is 0 Å². The first-order chi connectivity index (χ1) is 10.3. The summed E-state index contributed by atoms with van der Waals surface area (Å²) in [6, 6.07) is 3.61. The Hall–Kier alpha value is -2.00. The molecule has 6 nitrogen and oxygen atoms in total. The van der Waals surface area contributed by atoms with Crippen LogP contribution in [0.5, 0.6) is 0 Å². The third kappa shape index (κ3) is 4.01. The van der Waals surface area contributed by atoms with Gasteiger partial charge in [-0.3, -0.25) is 0 Å². The molecule has 2 heterocycles. The lowest BCUT2D eigenvalue weighted by Crippen LogP contribution is -2.50. The predicted octanol–water partition coefficient (Wildman–Crippen LogP) is 2.66. The molecule has 0 spiro atoms. The van der Waals surface area contributed by atoms with Gasteiger partial charge in [0.2, 0.25) is 0 Å². The molecule has 1 saturated heterocycles.